The third-order valence-corrected chi connectivity index (χ3v) is 3.10. The second-order valence-electron chi connectivity index (χ2n) is 4.43. The van der Waals surface area contributed by atoms with Gasteiger partial charge in [-0.3, -0.25) is 0 Å². The van der Waals surface area contributed by atoms with Gasteiger partial charge in [0.2, 0.25) is 0 Å². The van der Waals surface area contributed by atoms with Crippen LogP contribution in [0.2, 0.25) is 0 Å². The van der Waals surface area contributed by atoms with Crippen molar-refractivity contribution in [2.24, 2.45) is 5.92 Å². The minimum atomic E-state index is 0.844. The first-order valence-electron chi connectivity index (χ1n) is 6.92. The molecule has 1 nitrogen and oxygen atoms in total. The minimum absolute atomic E-state index is 0.844. The Morgan fingerprint density at radius 3 is 1.93 bits per heavy atom. The van der Waals surface area contributed by atoms with Gasteiger partial charge in [0.1, 0.15) is 0 Å². The molecule has 0 aromatic carbocycles. The summed E-state index contributed by atoms with van der Waals surface area (Å²) in [5.74, 6) is 1.11. The molecular formula is C14H30O. The summed E-state index contributed by atoms with van der Waals surface area (Å²) in [7, 11) is 0. The highest BCUT2D eigenvalue weighted by molar-refractivity contribution is 4.65. The van der Waals surface area contributed by atoms with Crippen molar-refractivity contribution in [2.45, 2.75) is 72.1 Å². The van der Waals surface area contributed by atoms with E-state index in [9.17, 15) is 0 Å². The molecule has 0 N–H and O–H groups in total. The molecule has 15 heavy (non-hydrogen) atoms. The highest BCUT2D eigenvalue weighted by atomic mass is 16.5. The van der Waals surface area contributed by atoms with Crippen molar-refractivity contribution in [1.29, 1.82) is 0 Å². The van der Waals surface area contributed by atoms with E-state index >= 15 is 0 Å². The molecule has 0 amide bonds. The summed E-state index contributed by atoms with van der Waals surface area (Å²) < 4.78 is 4.83. The van der Waals surface area contributed by atoms with Crippen LogP contribution in [0.4, 0.5) is 0 Å². The van der Waals surface area contributed by atoms with E-state index in [1.54, 1.807) is 0 Å². The third kappa shape index (κ3) is 10.2. The molecule has 0 aliphatic heterocycles. The van der Waals surface area contributed by atoms with Crippen molar-refractivity contribution in [3.63, 3.8) is 0 Å². The van der Waals surface area contributed by atoms with Crippen molar-refractivity contribution in [3.8, 4) is 0 Å². The average Bonchev–Trinajstić information content (AvgIpc) is 2.30. The Bertz CT molecular complexity index is 104. The zero-order valence-electron chi connectivity index (χ0n) is 11.1. The van der Waals surface area contributed by atoms with Crippen molar-refractivity contribution in [1.82, 2.24) is 0 Å². The molecule has 0 aromatic heterocycles. The Morgan fingerprint density at radius 1 is 0.933 bits per heavy atom. The topological polar surface area (TPSA) is 9.23 Å². The van der Waals surface area contributed by atoms with Gasteiger partial charge in [-0.1, -0.05) is 58.3 Å². The Hall–Kier alpha value is -0.0400. The first kappa shape index (κ1) is 15.0. The van der Waals surface area contributed by atoms with Crippen LogP contribution in [0.1, 0.15) is 72.1 Å². The van der Waals surface area contributed by atoms with Crippen LogP contribution >= 0.6 is 0 Å². The maximum atomic E-state index is 4.83. The van der Waals surface area contributed by atoms with E-state index in [-0.39, 0.29) is 0 Å². The molecule has 1 rings (SSSR count). The third-order valence-electron chi connectivity index (χ3n) is 3.10. The highest BCUT2D eigenvalue weighted by Crippen LogP contribution is 2.27. The van der Waals surface area contributed by atoms with Gasteiger partial charge < -0.3 is 4.74 Å². The van der Waals surface area contributed by atoms with Gasteiger partial charge in [-0.25, -0.2) is 0 Å². The van der Waals surface area contributed by atoms with Crippen LogP contribution in [0.3, 0.4) is 0 Å². The molecule has 0 atom stereocenters. The van der Waals surface area contributed by atoms with Crippen LogP contribution in [0.5, 0.6) is 0 Å². The largest absolute Gasteiger partial charge is 0.382 e. The molecule has 0 bridgehead atoms. The number of rotatable bonds is 5. The SMILES string of the molecule is CCCCC1CCCCC1.CCOCC. The van der Waals surface area contributed by atoms with Gasteiger partial charge in [-0.2, -0.15) is 0 Å². The lowest BCUT2D eigenvalue weighted by molar-refractivity contribution is 0.162. The molecule has 0 saturated heterocycles. The van der Waals surface area contributed by atoms with E-state index in [0.29, 0.717) is 0 Å². The van der Waals surface area contributed by atoms with Gasteiger partial charge in [0.05, 0.1) is 0 Å². The van der Waals surface area contributed by atoms with Crippen LogP contribution in [0.25, 0.3) is 0 Å². The highest BCUT2D eigenvalue weighted by Gasteiger charge is 2.11. The second-order valence-corrected chi connectivity index (χ2v) is 4.43. The number of unbranched alkanes of at least 4 members (excludes halogenated alkanes) is 1. The van der Waals surface area contributed by atoms with Crippen LogP contribution in [0.15, 0.2) is 0 Å². The zero-order chi connectivity index (χ0) is 11.4. The van der Waals surface area contributed by atoms with E-state index in [2.05, 4.69) is 6.92 Å². The van der Waals surface area contributed by atoms with E-state index in [1.165, 1.54) is 51.4 Å². The first-order chi connectivity index (χ1) is 7.35. The second kappa shape index (κ2) is 12.0. The van der Waals surface area contributed by atoms with Crippen LogP contribution in [-0.2, 0) is 4.74 Å². The summed E-state index contributed by atoms with van der Waals surface area (Å²) in [5.41, 5.74) is 0. The normalized spacial score (nSPS) is 17.0. The molecule has 0 heterocycles. The fraction of sp³-hybridized carbons (Fsp3) is 1.00. The monoisotopic (exact) mass is 214 g/mol. The Labute approximate surface area is 96.6 Å². The fourth-order valence-electron chi connectivity index (χ4n) is 2.17. The van der Waals surface area contributed by atoms with Gasteiger partial charge in [0.15, 0.2) is 0 Å². The van der Waals surface area contributed by atoms with E-state index in [4.69, 9.17) is 4.74 Å². The number of hydrogen-bond acceptors (Lipinski definition) is 1. The quantitative estimate of drug-likeness (QED) is 0.639. The molecule has 92 valence electrons. The van der Waals surface area contributed by atoms with Crippen molar-refractivity contribution in [2.75, 3.05) is 13.2 Å². The lowest BCUT2D eigenvalue weighted by atomic mass is 9.86. The summed E-state index contributed by atoms with van der Waals surface area (Å²) in [5, 5.41) is 0. The first-order valence-corrected chi connectivity index (χ1v) is 6.92. The van der Waals surface area contributed by atoms with Gasteiger partial charge in [-0.15, -0.1) is 0 Å². The molecule has 1 aliphatic carbocycles. The maximum absolute atomic E-state index is 4.83. The average molecular weight is 214 g/mol. The minimum Gasteiger partial charge on any atom is -0.382 e. The van der Waals surface area contributed by atoms with Crippen LogP contribution in [0, 0.1) is 5.92 Å². The Morgan fingerprint density at radius 2 is 1.53 bits per heavy atom. The van der Waals surface area contributed by atoms with Crippen LogP contribution < -0.4 is 0 Å². The predicted octanol–water partition coefficient (Wildman–Crippen LogP) is 4.80. The summed E-state index contributed by atoms with van der Waals surface area (Å²) in [6.45, 7) is 7.96. The van der Waals surface area contributed by atoms with E-state index in [1.807, 2.05) is 13.8 Å². The van der Waals surface area contributed by atoms with Gasteiger partial charge >= 0.3 is 0 Å². The van der Waals surface area contributed by atoms with E-state index < -0.39 is 0 Å². The molecule has 1 heteroatoms. The van der Waals surface area contributed by atoms with Gasteiger partial charge in [-0.05, 0) is 19.8 Å². The van der Waals surface area contributed by atoms with E-state index in [0.717, 1.165) is 19.1 Å². The van der Waals surface area contributed by atoms with Crippen molar-refractivity contribution >= 4 is 0 Å². The number of ether oxygens (including phenoxy) is 1. The zero-order valence-corrected chi connectivity index (χ0v) is 11.1. The molecular weight excluding hydrogens is 184 g/mol. The lowest BCUT2D eigenvalue weighted by Crippen LogP contribution is -2.05. The summed E-state index contributed by atoms with van der Waals surface area (Å²) in [6.07, 6.45) is 11.9. The number of hydrogen-bond donors (Lipinski definition) is 0. The predicted molar refractivity (Wildman–Crippen MR) is 68.3 cm³/mol. The molecule has 1 saturated carbocycles. The molecule has 0 spiro atoms. The van der Waals surface area contributed by atoms with Gasteiger partial charge in [0, 0.05) is 13.2 Å². The smallest absolute Gasteiger partial charge is 0.0437 e. The summed E-state index contributed by atoms with van der Waals surface area (Å²) in [4.78, 5) is 0. The molecule has 1 aliphatic rings. The Kier molecular flexibility index (Phi) is 12.0. The van der Waals surface area contributed by atoms with Gasteiger partial charge in [0.25, 0.3) is 0 Å². The van der Waals surface area contributed by atoms with Crippen molar-refractivity contribution < 1.29 is 4.74 Å². The molecule has 0 radical (unpaired) electrons. The molecule has 0 aromatic rings. The standard InChI is InChI=1S/C10H20.C4H10O/c1-2-3-7-10-8-5-4-6-9-10;1-3-5-4-2/h10H,2-9H2,1H3;3-4H2,1-2H3. The Balaban J connectivity index is 0.000000336. The molecule has 1 fully saturated rings. The molecule has 0 unspecified atom stereocenters. The summed E-state index contributed by atoms with van der Waals surface area (Å²) >= 11 is 0. The van der Waals surface area contributed by atoms with Crippen LogP contribution in [-0.4, -0.2) is 13.2 Å². The lowest BCUT2D eigenvalue weighted by Gasteiger charge is -2.20. The maximum Gasteiger partial charge on any atom is 0.0437 e. The van der Waals surface area contributed by atoms with Crippen molar-refractivity contribution in [3.05, 3.63) is 0 Å². The summed E-state index contributed by atoms with van der Waals surface area (Å²) in [6, 6.07) is 0. The fourth-order valence-corrected chi connectivity index (χ4v) is 2.17.